The van der Waals surface area contributed by atoms with Gasteiger partial charge in [-0.15, -0.1) is 0 Å². The molecule has 0 saturated heterocycles. The highest BCUT2D eigenvalue weighted by atomic mass is 16.1. The van der Waals surface area contributed by atoms with E-state index in [0.717, 1.165) is 17.8 Å². The van der Waals surface area contributed by atoms with Gasteiger partial charge in [-0.05, 0) is 73.4 Å². The summed E-state index contributed by atoms with van der Waals surface area (Å²) in [5.74, 6) is 0.917. The molecule has 0 bridgehead atoms. The molecule has 2 N–H and O–H groups in total. The van der Waals surface area contributed by atoms with Crippen LogP contribution in [-0.2, 0) is 11.2 Å². The maximum Gasteiger partial charge on any atom is 0.224 e. The first kappa shape index (κ1) is 21.4. The zero-order valence-corrected chi connectivity index (χ0v) is 18.7. The monoisotopic (exact) mass is 415 g/mol. The SMILES string of the molecule is Cc1cccc(C(Cc2ccc(NC(=O)CC3CCCCC3)cc2)c2cnc[nH]2)c1C. The van der Waals surface area contributed by atoms with E-state index in [1.54, 1.807) is 6.33 Å². The summed E-state index contributed by atoms with van der Waals surface area (Å²) in [7, 11) is 0. The van der Waals surface area contributed by atoms with Crippen LogP contribution in [-0.4, -0.2) is 15.9 Å². The Labute approximate surface area is 185 Å². The van der Waals surface area contributed by atoms with Crippen LogP contribution in [0.5, 0.6) is 0 Å². The highest BCUT2D eigenvalue weighted by molar-refractivity contribution is 5.90. The van der Waals surface area contributed by atoms with Crippen LogP contribution in [0, 0.1) is 19.8 Å². The Kier molecular flexibility index (Phi) is 6.86. The molecular formula is C27H33N3O. The first-order valence-electron chi connectivity index (χ1n) is 11.5. The van der Waals surface area contributed by atoms with Crippen LogP contribution in [0.1, 0.15) is 72.4 Å². The van der Waals surface area contributed by atoms with Crippen LogP contribution < -0.4 is 5.32 Å². The quantitative estimate of drug-likeness (QED) is 0.475. The number of anilines is 1. The molecule has 3 aromatic rings. The standard InChI is InChI=1S/C27H33N3O/c1-19-7-6-10-24(20(19)2)25(26-17-28-18-29-26)15-22-11-13-23(14-12-22)30-27(31)16-21-8-4-3-5-9-21/h6-7,10-14,17-18,21,25H,3-5,8-9,15-16H2,1-2H3,(H,28,29)(H,30,31). The number of nitrogens with one attached hydrogen (secondary N) is 2. The number of carbonyl (C=O) groups is 1. The Morgan fingerprint density at radius 1 is 1.10 bits per heavy atom. The molecule has 1 saturated carbocycles. The van der Waals surface area contributed by atoms with Crippen LogP contribution in [0.25, 0.3) is 0 Å². The second-order valence-corrected chi connectivity index (χ2v) is 9.01. The van der Waals surface area contributed by atoms with Crippen molar-refractivity contribution in [1.82, 2.24) is 9.97 Å². The summed E-state index contributed by atoms with van der Waals surface area (Å²) in [6.45, 7) is 4.35. The van der Waals surface area contributed by atoms with Crippen molar-refractivity contribution in [2.75, 3.05) is 5.32 Å². The topological polar surface area (TPSA) is 57.8 Å². The Morgan fingerprint density at radius 2 is 1.87 bits per heavy atom. The van der Waals surface area contributed by atoms with Gasteiger partial charge in [0.15, 0.2) is 0 Å². The van der Waals surface area contributed by atoms with Crippen molar-refractivity contribution in [2.24, 2.45) is 5.92 Å². The molecule has 1 amide bonds. The van der Waals surface area contributed by atoms with Gasteiger partial charge in [-0.1, -0.05) is 49.6 Å². The fourth-order valence-corrected chi connectivity index (χ4v) is 4.82. The molecule has 162 valence electrons. The average molecular weight is 416 g/mol. The Bertz CT molecular complexity index is 986. The third-order valence-corrected chi connectivity index (χ3v) is 6.79. The lowest BCUT2D eigenvalue weighted by atomic mass is 9.85. The van der Waals surface area contributed by atoms with E-state index >= 15 is 0 Å². The number of rotatable bonds is 7. The first-order chi connectivity index (χ1) is 15.1. The Morgan fingerprint density at radius 3 is 2.58 bits per heavy atom. The summed E-state index contributed by atoms with van der Waals surface area (Å²) in [5.41, 5.74) is 7.21. The molecule has 2 aromatic carbocycles. The fourth-order valence-electron chi connectivity index (χ4n) is 4.82. The molecule has 1 aromatic heterocycles. The van der Waals surface area contributed by atoms with Gasteiger partial charge in [-0.25, -0.2) is 4.98 Å². The lowest BCUT2D eigenvalue weighted by Gasteiger charge is -2.21. The summed E-state index contributed by atoms with van der Waals surface area (Å²) >= 11 is 0. The van der Waals surface area contributed by atoms with Gasteiger partial charge in [0.2, 0.25) is 5.91 Å². The van der Waals surface area contributed by atoms with E-state index in [-0.39, 0.29) is 11.8 Å². The number of hydrogen-bond donors (Lipinski definition) is 2. The van der Waals surface area contributed by atoms with Gasteiger partial charge in [0.05, 0.1) is 6.33 Å². The molecule has 1 heterocycles. The predicted molar refractivity (Wildman–Crippen MR) is 126 cm³/mol. The number of carbonyl (C=O) groups excluding carboxylic acids is 1. The molecule has 1 aliphatic rings. The maximum atomic E-state index is 12.4. The second-order valence-electron chi connectivity index (χ2n) is 9.01. The molecule has 1 aliphatic carbocycles. The number of aromatic nitrogens is 2. The van der Waals surface area contributed by atoms with E-state index in [4.69, 9.17) is 0 Å². The number of hydrogen-bond acceptors (Lipinski definition) is 2. The molecule has 4 nitrogen and oxygen atoms in total. The maximum absolute atomic E-state index is 12.4. The molecule has 1 unspecified atom stereocenters. The molecule has 0 radical (unpaired) electrons. The van der Waals surface area contributed by atoms with E-state index in [1.807, 2.05) is 18.3 Å². The Hall–Kier alpha value is -2.88. The van der Waals surface area contributed by atoms with Gasteiger partial charge in [-0.3, -0.25) is 4.79 Å². The summed E-state index contributed by atoms with van der Waals surface area (Å²) in [6.07, 6.45) is 11.4. The summed E-state index contributed by atoms with van der Waals surface area (Å²) in [5, 5.41) is 3.09. The van der Waals surface area contributed by atoms with Crippen LogP contribution in [0.4, 0.5) is 5.69 Å². The second kappa shape index (κ2) is 9.95. The third kappa shape index (κ3) is 5.43. The number of amides is 1. The van der Waals surface area contributed by atoms with Crippen molar-refractivity contribution >= 4 is 11.6 Å². The van der Waals surface area contributed by atoms with Crippen molar-refractivity contribution in [2.45, 2.75) is 64.7 Å². The number of imidazole rings is 1. The van der Waals surface area contributed by atoms with Gasteiger partial charge in [0.1, 0.15) is 0 Å². The summed E-state index contributed by atoms with van der Waals surface area (Å²) in [4.78, 5) is 20.0. The number of H-pyrrole nitrogens is 1. The van der Waals surface area contributed by atoms with E-state index in [9.17, 15) is 4.79 Å². The van der Waals surface area contributed by atoms with Gasteiger partial charge in [0.25, 0.3) is 0 Å². The van der Waals surface area contributed by atoms with Crippen LogP contribution >= 0.6 is 0 Å². The van der Waals surface area contributed by atoms with E-state index in [0.29, 0.717) is 12.3 Å². The largest absolute Gasteiger partial charge is 0.348 e. The normalized spacial score (nSPS) is 15.5. The lowest BCUT2D eigenvalue weighted by Crippen LogP contribution is -2.18. The minimum absolute atomic E-state index is 0.144. The number of aromatic amines is 1. The van der Waals surface area contributed by atoms with Crippen molar-refractivity contribution in [3.05, 3.63) is 82.9 Å². The highest BCUT2D eigenvalue weighted by Crippen LogP contribution is 2.31. The van der Waals surface area contributed by atoms with Crippen LogP contribution in [0.3, 0.4) is 0 Å². The van der Waals surface area contributed by atoms with E-state index in [1.165, 1.54) is 54.4 Å². The highest BCUT2D eigenvalue weighted by Gasteiger charge is 2.20. The number of benzene rings is 2. The van der Waals surface area contributed by atoms with Crippen molar-refractivity contribution < 1.29 is 4.79 Å². The third-order valence-electron chi connectivity index (χ3n) is 6.79. The molecule has 4 rings (SSSR count). The molecular weight excluding hydrogens is 382 g/mol. The summed E-state index contributed by atoms with van der Waals surface area (Å²) in [6, 6.07) is 14.8. The van der Waals surface area contributed by atoms with E-state index < -0.39 is 0 Å². The molecule has 1 fully saturated rings. The van der Waals surface area contributed by atoms with Crippen molar-refractivity contribution in [3.8, 4) is 0 Å². The molecule has 4 heteroatoms. The molecule has 0 spiro atoms. The minimum atomic E-state index is 0.144. The van der Waals surface area contributed by atoms with E-state index in [2.05, 4.69) is 59.5 Å². The van der Waals surface area contributed by atoms with Gasteiger partial charge < -0.3 is 10.3 Å². The first-order valence-corrected chi connectivity index (χ1v) is 11.5. The number of aryl methyl sites for hydroxylation is 1. The average Bonchev–Trinajstić information content (AvgIpc) is 3.31. The Balaban J connectivity index is 1.44. The summed E-state index contributed by atoms with van der Waals surface area (Å²) < 4.78 is 0. The molecule has 31 heavy (non-hydrogen) atoms. The van der Waals surface area contributed by atoms with Crippen LogP contribution in [0.2, 0.25) is 0 Å². The van der Waals surface area contributed by atoms with Crippen molar-refractivity contribution in [3.63, 3.8) is 0 Å². The number of nitrogens with zero attached hydrogens (tertiary/aromatic N) is 1. The zero-order valence-electron chi connectivity index (χ0n) is 18.7. The van der Waals surface area contributed by atoms with Gasteiger partial charge >= 0.3 is 0 Å². The predicted octanol–water partition coefficient (Wildman–Crippen LogP) is 6.31. The smallest absolute Gasteiger partial charge is 0.224 e. The van der Waals surface area contributed by atoms with Crippen LogP contribution in [0.15, 0.2) is 55.0 Å². The fraction of sp³-hybridized carbons (Fsp3) is 0.407. The van der Waals surface area contributed by atoms with Crippen molar-refractivity contribution in [1.29, 1.82) is 0 Å². The molecule has 0 aliphatic heterocycles. The zero-order chi connectivity index (χ0) is 21.6. The molecule has 1 atom stereocenters. The van der Waals surface area contributed by atoms with Gasteiger partial charge in [0, 0.05) is 29.9 Å². The minimum Gasteiger partial charge on any atom is -0.348 e. The lowest BCUT2D eigenvalue weighted by molar-refractivity contribution is -0.117. The van der Waals surface area contributed by atoms with Gasteiger partial charge in [-0.2, -0.15) is 0 Å².